The summed E-state index contributed by atoms with van der Waals surface area (Å²) in [7, 11) is 0. The van der Waals surface area contributed by atoms with Crippen molar-refractivity contribution in [3.8, 4) is 0 Å². The van der Waals surface area contributed by atoms with E-state index in [9.17, 15) is 4.39 Å². The summed E-state index contributed by atoms with van der Waals surface area (Å²) < 4.78 is 14.8. The summed E-state index contributed by atoms with van der Waals surface area (Å²) in [4.78, 5) is 0. The largest absolute Gasteiger partial charge is 0.348 e. The van der Waals surface area contributed by atoms with Gasteiger partial charge in [0, 0.05) is 12.7 Å². The average molecular weight is 163 g/mol. The molecule has 2 rings (SSSR count). The molecule has 0 aliphatic carbocycles. The lowest BCUT2D eigenvalue weighted by molar-refractivity contribution is 0.628. The molecule has 0 radical (unpaired) electrons. The topological polar surface area (TPSA) is 4.93 Å². The quantitative estimate of drug-likeness (QED) is 0.609. The van der Waals surface area contributed by atoms with Crippen LogP contribution in [0.15, 0.2) is 30.5 Å². The molecule has 0 atom stereocenters. The predicted octanol–water partition coefficient (Wildman–Crippen LogP) is 2.80. The van der Waals surface area contributed by atoms with Gasteiger partial charge in [0.05, 0.1) is 5.52 Å². The molecule has 0 aliphatic heterocycles. The van der Waals surface area contributed by atoms with Crippen molar-refractivity contribution in [2.75, 3.05) is 0 Å². The minimum Gasteiger partial charge on any atom is -0.348 e. The molecule has 2 heteroatoms. The van der Waals surface area contributed by atoms with E-state index in [0.717, 1.165) is 17.4 Å². The second kappa shape index (κ2) is 2.63. The van der Waals surface area contributed by atoms with Gasteiger partial charge in [-0.1, -0.05) is 0 Å². The third-order valence-electron chi connectivity index (χ3n) is 2.08. The zero-order chi connectivity index (χ0) is 8.55. The molecule has 0 spiro atoms. The standard InChI is InChI=1S/C10H10FN/c1-2-12-6-5-8-3-4-9(11)7-10(8)12/h3-7H,2H2,1H3. The molecular weight excluding hydrogens is 153 g/mol. The number of halogens is 1. The lowest BCUT2D eigenvalue weighted by Crippen LogP contribution is -1.90. The predicted molar refractivity (Wildman–Crippen MR) is 47.6 cm³/mol. The molecule has 2 aromatic rings. The van der Waals surface area contributed by atoms with Crippen molar-refractivity contribution in [3.63, 3.8) is 0 Å². The highest BCUT2D eigenvalue weighted by Crippen LogP contribution is 2.16. The van der Waals surface area contributed by atoms with Crippen LogP contribution in [-0.2, 0) is 6.54 Å². The van der Waals surface area contributed by atoms with Crippen LogP contribution in [0, 0.1) is 5.82 Å². The van der Waals surface area contributed by atoms with Crippen molar-refractivity contribution in [2.24, 2.45) is 0 Å². The van der Waals surface area contributed by atoms with Gasteiger partial charge in [0.25, 0.3) is 0 Å². The molecule has 62 valence electrons. The van der Waals surface area contributed by atoms with Crippen LogP contribution >= 0.6 is 0 Å². The lowest BCUT2D eigenvalue weighted by Gasteiger charge is -1.99. The fraction of sp³-hybridized carbons (Fsp3) is 0.200. The SMILES string of the molecule is CCn1ccc2ccc(F)cc21. The molecule has 0 saturated carbocycles. The second-order valence-corrected chi connectivity index (χ2v) is 2.80. The maximum absolute atomic E-state index is 12.8. The van der Waals surface area contributed by atoms with Crippen LogP contribution in [0.5, 0.6) is 0 Å². The summed E-state index contributed by atoms with van der Waals surface area (Å²) in [6.45, 7) is 2.93. The molecule has 0 bridgehead atoms. The zero-order valence-corrected chi connectivity index (χ0v) is 6.92. The molecule has 1 heterocycles. The number of nitrogens with zero attached hydrogens (tertiary/aromatic N) is 1. The third-order valence-corrected chi connectivity index (χ3v) is 2.08. The van der Waals surface area contributed by atoms with E-state index in [-0.39, 0.29) is 5.82 Å². The number of hydrogen-bond acceptors (Lipinski definition) is 0. The van der Waals surface area contributed by atoms with Gasteiger partial charge < -0.3 is 4.57 Å². The molecular formula is C10H10FN. The Morgan fingerprint density at radius 1 is 1.33 bits per heavy atom. The van der Waals surface area contributed by atoms with Gasteiger partial charge in [0.1, 0.15) is 5.82 Å². The van der Waals surface area contributed by atoms with Crippen molar-refractivity contribution in [1.82, 2.24) is 4.57 Å². The fourth-order valence-corrected chi connectivity index (χ4v) is 1.43. The van der Waals surface area contributed by atoms with E-state index in [4.69, 9.17) is 0 Å². The normalized spacial score (nSPS) is 10.8. The smallest absolute Gasteiger partial charge is 0.125 e. The van der Waals surface area contributed by atoms with Crippen LogP contribution < -0.4 is 0 Å². The van der Waals surface area contributed by atoms with Crippen LogP contribution in [0.25, 0.3) is 10.9 Å². The number of aromatic nitrogens is 1. The first-order chi connectivity index (χ1) is 5.81. The summed E-state index contributed by atoms with van der Waals surface area (Å²) in [6.07, 6.45) is 1.98. The van der Waals surface area contributed by atoms with Crippen LogP contribution in [0.1, 0.15) is 6.92 Å². The fourth-order valence-electron chi connectivity index (χ4n) is 1.43. The molecule has 12 heavy (non-hydrogen) atoms. The Morgan fingerprint density at radius 3 is 2.92 bits per heavy atom. The molecule has 1 nitrogen and oxygen atoms in total. The number of aryl methyl sites for hydroxylation is 1. The van der Waals surface area contributed by atoms with Gasteiger partial charge >= 0.3 is 0 Å². The van der Waals surface area contributed by atoms with Crippen molar-refractivity contribution >= 4 is 10.9 Å². The maximum atomic E-state index is 12.8. The van der Waals surface area contributed by atoms with E-state index in [1.165, 1.54) is 6.07 Å². The van der Waals surface area contributed by atoms with E-state index in [1.807, 2.05) is 23.8 Å². The summed E-state index contributed by atoms with van der Waals surface area (Å²) in [5.41, 5.74) is 0.970. The Hall–Kier alpha value is -1.31. The van der Waals surface area contributed by atoms with Crippen LogP contribution in [0.4, 0.5) is 4.39 Å². The number of benzene rings is 1. The number of hydrogen-bond donors (Lipinski definition) is 0. The van der Waals surface area contributed by atoms with E-state index in [2.05, 4.69) is 0 Å². The third kappa shape index (κ3) is 0.998. The number of rotatable bonds is 1. The highest BCUT2D eigenvalue weighted by molar-refractivity contribution is 5.80. The highest BCUT2D eigenvalue weighted by atomic mass is 19.1. The Balaban J connectivity index is 2.75. The summed E-state index contributed by atoms with van der Waals surface area (Å²) in [5, 5.41) is 1.10. The van der Waals surface area contributed by atoms with Gasteiger partial charge in [-0.15, -0.1) is 0 Å². The molecule has 1 aromatic carbocycles. The van der Waals surface area contributed by atoms with Gasteiger partial charge in [-0.25, -0.2) is 4.39 Å². The van der Waals surface area contributed by atoms with Gasteiger partial charge in [0.15, 0.2) is 0 Å². The monoisotopic (exact) mass is 163 g/mol. The van der Waals surface area contributed by atoms with E-state index >= 15 is 0 Å². The van der Waals surface area contributed by atoms with Crippen molar-refractivity contribution < 1.29 is 4.39 Å². The van der Waals surface area contributed by atoms with Gasteiger partial charge in [-0.2, -0.15) is 0 Å². The van der Waals surface area contributed by atoms with Crippen LogP contribution in [0.3, 0.4) is 0 Å². The van der Waals surface area contributed by atoms with E-state index in [1.54, 1.807) is 12.1 Å². The molecule has 0 fully saturated rings. The van der Waals surface area contributed by atoms with Crippen LogP contribution in [0.2, 0.25) is 0 Å². The van der Waals surface area contributed by atoms with Crippen LogP contribution in [-0.4, -0.2) is 4.57 Å². The summed E-state index contributed by atoms with van der Waals surface area (Å²) in [5.74, 6) is -0.170. The van der Waals surface area contributed by atoms with Crippen molar-refractivity contribution in [3.05, 3.63) is 36.3 Å². The zero-order valence-electron chi connectivity index (χ0n) is 6.92. The molecule has 0 unspecified atom stereocenters. The molecule has 0 aliphatic rings. The van der Waals surface area contributed by atoms with Gasteiger partial charge in [-0.3, -0.25) is 0 Å². The average Bonchev–Trinajstić information content (AvgIpc) is 2.46. The lowest BCUT2D eigenvalue weighted by atomic mass is 10.2. The summed E-state index contributed by atoms with van der Waals surface area (Å²) >= 11 is 0. The van der Waals surface area contributed by atoms with E-state index < -0.39 is 0 Å². The first-order valence-electron chi connectivity index (χ1n) is 4.05. The maximum Gasteiger partial charge on any atom is 0.125 e. The summed E-state index contributed by atoms with van der Waals surface area (Å²) in [6, 6.07) is 6.86. The van der Waals surface area contributed by atoms with Gasteiger partial charge in [-0.05, 0) is 36.6 Å². The van der Waals surface area contributed by atoms with Gasteiger partial charge in [0.2, 0.25) is 0 Å². The Morgan fingerprint density at radius 2 is 2.17 bits per heavy atom. The molecule has 1 aromatic heterocycles. The highest BCUT2D eigenvalue weighted by Gasteiger charge is 1.99. The first kappa shape index (κ1) is 7.35. The molecule has 0 N–H and O–H groups in total. The molecule has 0 saturated heterocycles. The minimum atomic E-state index is -0.170. The van der Waals surface area contributed by atoms with Crippen molar-refractivity contribution in [1.29, 1.82) is 0 Å². The minimum absolute atomic E-state index is 0.170. The Kier molecular flexibility index (Phi) is 1.61. The van der Waals surface area contributed by atoms with E-state index in [0.29, 0.717) is 0 Å². The number of fused-ring (bicyclic) bond motifs is 1. The second-order valence-electron chi connectivity index (χ2n) is 2.80. The Labute approximate surface area is 70.4 Å². The first-order valence-corrected chi connectivity index (χ1v) is 4.05. The van der Waals surface area contributed by atoms with Crippen molar-refractivity contribution in [2.45, 2.75) is 13.5 Å². The molecule has 0 amide bonds. The Bertz CT molecular complexity index is 403.